The van der Waals surface area contributed by atoms with Crippen molar-refractivity contribution in [2.75, 3.05) is 10.6 Å². The van der Waals surface area contributed by atoms with Crippen LogP contribution >= 0.6 is 11.3 Å². The third-order valence-electron chi connectivity index (χ3n) is 2.88. The number of nitrogens with one attached hydrogen (secondary N) is 2. The van der Waals surface area contributed by atoms with E-state index in [1.807, 2.05) is 16.8 Å². The Balaban J connectivity index is 1.68. The van der Waals surface area contributed by atoms with Gasteiger partial charge in [-0.25, -0.2) is 0 Å². The molecule has 2 aromatic heterocycles. The molecular formula is C15H12N4O3S. The number of hydrogen-bond donors (Lipinski definition) is 2. The van der Waals surface area contributed by atoms with E-state index < -0.39 is 0 Å². The zero-order valence-electron chi connectivity index (χ0n) is 12.1. The van der Waals surface area contributed by atoms with Crippen LogP contribution in [0.1, 0.15) is 17.3 Å². The average molecular weight is 328 g/mol. The quantitative estimate of drug-likeness (QED) is 0.767. The number of rotatable bonds is 4. The van der Waals surface area contributed by atoms with Gasteiger partial charge in [-0.3, -0.25) is 14.9 Å². The van der Waals surface area contributed by atoms with Crippen molar-refractivity contribution >= 4 is 34.9 Å². The summed E-state index contributed by atoms with van der Waals surface area (Å²) in [5.74, 6) is -0.198. The van der Waals surface area contributed by atoms with Crippen molar-refractivity contribution in [3.8, 4) is 11.5 Å². The van der Waals surface area contributed by atoms with E-state index in [2.05, 4.69) is 20.8 Å². The van der Waals surface area contributed by atoms with Crippen molar-refractivity contribution in [1.82, 2.24) is 10.2 Å². The molecule has 0 saturated carbocycles. The van der Waals surface area contributed by atoms with E-state index in [4.69, 9.17) is 4.42 Å². The zero-order chi connectivity index (χ0) is 16.2. The van der Waals surface area contributed by atoms with Gasteiger partial charge in [-0.2, -0.15) is 11.3 Å². The lowest BCUT2D eigenvalue weighted by Gasteiger charge is -2.03. The number of hydrogen-bond acceptors (Lipinski definition) is 6. The molecule has 3 aromatic rings. The van der Waals surface area contributed by atoms with Gasteiger partial charge in [-0.05, 0) is 35.7 Å². The van der Waals surface area contributed by atoms with E-state index in [0.29, 0.717) is 17.1 Å². The summed E-state index contributed by atoms with van der Waals surface area (Å²) in [6.07, 6.45) is 0. The summed E-state index contributed by atoms with van der Waals surface area (Å²) in [6.45, 7) is 1.42. The van der Waals surface area contributed by atoms with Crippen LogP contribution < -0.4 is 10.6 Å². The first-order valence-corrected chi connectivity index (χ1v) is 7.61. The third kappa shape index (κ3) is 3.61. The van der Waals surface area contributed by atoms with Crippen LogP contribution in [-0.2, 0) is 4.79 Å². The third-order valence-corrected chi connectivity index (χ3v) is 3.56. The number of thiophene rings is 1. The summed E-state index contributed by atoms with van der Waals surface area (Å²) in [6, 6.07) is 8.35. The summed E-state index contributed by atoms with van der Waals surface area (Å²) in [4.78, 5) is 23.1. The second-order valence-electron chi connectivity index (χ2n) is 4.64. The van der Waals surface area contributed by atoms with Gasteiger partial charge in [-0.1, -0.05) is 5.10 Å². The maximum Gasteiger partial charge on any atom is 0.322 e. The fourth-order valence-corrected chi connectivity index (χ4v) is 2.48. The lowest BCUT2D eigenvalue weighted by Crippen LogP contribution is -2.12. The Morgan fingerprint density at radius 2 is 1.87 bits per heavy atom. The maximum absolute atomic E-state index is 12.1. The molecule has 2 N–H and O–H groups in total. The predicted octanol–water partition coefficient (Wildman–Crippen LogP) is 3.01. The molecule has 0 atom stereocenters. The highest BCUT2D eigenvalue weighted by atomic mass is 32.1. The Kier molecular flexibility index (Phi) is 4.15. The molecule has 1 aromatic carbocycles. The molecule has 0 aliphatic rings. The molecule has 0 bridgehead atoms. The molecule has 0 aliphatic carbocycles. The van der Waals surface area contributed by atoms with Gasteiger partial charge in [0.25, 0.3) is 11.8 Å². The van der Waals surface area contributed by atoms with Crippen molar-refractivity contribution in [3.63, 3.8) is 0 Å². The Labute approximate surface area is 135 Å². The van der Waals surface area contributed by atoms with E-state index in [0.717, 1.165) is 5.56 Å². The molecule has 0 saturated heterocycles. The van der Waals surface area contributed by atoms with Crippen molar-refractivity contribution in [2.24, 2.45) is 0 Å². The van der Waals surface area contributed by atoms with Crippen molar-refractivity contribution in [1.29, 1.82) is 0 Å². The second-order valence-corrected chi connectivity index (χ2v) is 5.42. The number of amides is 2. The fourth-order valence-electron chi connectivity index (χ4n) is 1.85. The predicted molar refractivity (Wildman–Crippen MR) is 86.3 cm³/mol. The Morgan fingerprint density at radius 3 is 2.52 bits per heavy atom. The van der Waals surface area contributed by atoms with Crippen LogP contribution in [0, 0.1) is 0 Å². The molecule has 3 rings (SSSR count). The minimum absolute atomic E-state index is 0.0298. The lowest BCUT2D eigenvalue weighted by atomic mass is 10.2. The molecule has 0 unspecified atom stereocenters. The van der Waals surface area contributed by atoms with Crippen LogP contribution in [0.25, 0.3) is 11.5 Å². The molecule has 0 spiro atoms. The number of carbonyl (C=O) groups is 2. The highest BCUT2D eigenvalue weighted by Gasteiger charge is 2.13. The summed E-state index contributed by atoms with van der Waals surface area (Å²) in [7, 11) is 0. The summed E-state index contributed by atoms with van der Waals surface area (Å²) < 4.78 is 5.39. The number of carbonyl (C=O) groups excluding carboxylic acids is 2. The molecule has 116 valence electrons. The van der Waals surface area contributed by atoms with Gasteiger partial charge < -0.3 is 9.73 Å². The number of aromatic nitrogens is 2. The first-order chi connectivity index (χ1) is 11.1. The van der Waals surface area contributed by atoms with Gasteiger partial charge in [0.1, 0.15) is 0 Å². The Hall–Kier alpha value is -3.00. The second kappa shape index (κ2) is 6.41. The summed E-state index contributed by atoms with van der Waals surface area (Å²) in [5, 5.41) is 16.6. The van der Waals surface area contributed by atoms with E-state index >= 15 is 0 Å². The summed E-state index contributed by atoms with van der Waals surface area (Å²) >= 11 is 1.51. The molecule has 0 radical (unpaired) electrons. The van der Waals surface area contributed by atoms with Gasteiger partial charge in [0, 0.05) is 29.1 Å². The van der Waals surface area contributed by atoms with Crippen LogP contribution in [-0.4, -0.2) is 22.0 Å². The Bertz CT molecular complexity index is 825. The van der Waals surface area contributed by atoms with E-state index in [1.54, 1.807) is 24.3 Å². The zero-order valence-corrected chi connectivity index (χ0v) is 12.9. The van der Waals surface area contributed by atoms with Crippen LogP contribution in [0.3, 0.4) is 0 Å². The van der Waals surface area contributed by atoms with Crippen LogP contribution in [0.5, 0.6) is 0 Å². The molecule has 2 heterocycles. The highest BCUT2D eigenvalue weighted by Crippen LogP contribution is 2.22. The normalized spacial score (nSPS) is 10.3. The molecule has 2 amide bonds. The lowest BCUT2D eigenvalue weighted by molar-refractivity contribution is -0.114. The molecule has 8 heteroatoms. The van der Waals surface area contributed by atoms with Gasteiger partial charge in [-0.15, -0.1) is 5.10 Å². The SMILES string of the molecule is CC(=O)Nc1ccc(C(=O)Nc2nnc(-c3ccsc3)o2)cc1. The van der Waals surface area contributed by atoms with E-state index in [-0.39, 0.29) is 17.8 Å². The molecule has 7 nitrogen and oxygen atoms in total. The van der Waals surface area contributed by atoms with Gasteiger partial charge in [0.15, 0.2) is 0 Å². The molecule has 0 aliphatic heterocycles. The first-order valence-electron chi connectivity index (χ1n) is 6.67. The van der Waals surface area contributed by atoms with Crippen molar-refractivity contribution in [2.45, 2.75) is 6.92 Å². The highest BCUT2D eigenvalue weighted by molar-refractivity contribution is 7.08. The van der Waals surface area contributed by atoms with Crippen molar-refractivity contribution in [3.05, 3.63) is 46.7 Å². The monoisotopic (exact) mass is 328 g/mol. The number of nitrogens with zero attached hydrogens (tertiary/aromatic N) is 2. The van der Waals surface area contributed by atoms with Crippen LogP contribution in [0.4, 0.5) is 11.7 Å². The molecule has 23 heavy (non-hydrogen) atoms. The number of benzene rings is 1. The minimum Gasteiger partial charge on any atom is -0.403 e. The van der Waals surface area contributed by atoms with Gasteiger partial charge >= 0.3 is 6.01 Å². The first kappa shape index (κ1) is 14.9. The van der Waals surface area contributed by atoms with Crippen LogP contribution in [0.2, 0.25) is 0 Å². The topological polar surface area (TPSA) is 97.1 Å². The minimum atomic E-state index is -0.375. The maximum atomic E-state index is 12.1. The summed E-state index contributed by atoms with van der Waals surface area (Å²) in [5.41, 5.74) is 1.84. The van der Waals surface area contributed by atoms with Crippen molar-refractivity contribution < 1.29 is 14.0 Å². The smallest absolute Gasteiger partial charge is 0.322 e. The Morgan fingerprint density at radius 1 is 1.09 bits per heavy atom. The van der Waals surface area contributed by atoms with Crippen LogP contribution in [0.15, 0.2) is 45.5 Å². The fraction of sp³-hybridized carbons (Fsp3) is 0.0667. The molecular weight excluding hydrogens is 316 g/mol. The standard InChI is InChI=1S/C15H12N4O3S/c1-9(20)16-12-4-2-10(3-5-12)13(21)17-15-19-18-14(22-15)11-6-7-23-8-11/h2-8H,1H3,(H,16,20)(H,17,19,21). The van der Waals surface area contributed by atoms with Gasteiger partial charge in [0.2, 0.25) is 5.91 Å². The molecule has 0 fully saturated rings. The largest absolute Gasteiger partial charge is 0.403 e. The number of anilines is 2. The van der Waals surface area contributed by atoms with Gasteiger partial charge in [0.05, 0.1) is 0 Å². The van der Waals surface area contributed by atoms with E-state index in [1.165, 1.54) is 18.3 Å². The van der Waals surface area contributed by atoms with E-state index in [9.17, 15) is 9.59 Å². The average Bonchev–Trinajstić information content (AvgIpc) is 3.18.